The monoisotopic (exact) mass is 203 g/mol. The minimum atomic E-state index is 0.0657. The molecule has 2 aromatic rings. The molecule has 0 bridgehead atoms. The van der Waals surface area contributed by atoms with Gasteiger partial charge in [0.05, 0.1) is 19.4 Å². The van der Waals surface area contributed by atoms with E-state index in [1.807, 2.05) is 36.4 Å². The number of anilines is 1. The smallest absolute Gasteiger partial charge is 0.122 e. The number of benzene rings is 1. The molecular formula is C12H13NO2. The maximum absolute atomic E-state index is 8.97. The summed E-state index contributed by atoms with van der Waals surface area (Å²) in [4.78, 5) is 0. The van der Waals surface area contributed by atoms with Crippen molar-refractivity contribution in [2.24, 2.45) is 0 Å². The molecule has 0 aliphatic heterocycles. The minimum absolute atomic E-state index is 0.0657. The number of furan rings is 1. The van der Waals surface area contributed by atoms with Crippen LogP contribution in [0.25, 0.3) is 0 Å². The van der Waals surface area contributed by atoms with Crippen LogP contribution in [0, 0.1) is 0 Å². The van der Waals surface area contributed by atoms with Gasteiger partial charge in [-0.05, 0) is 29.8 Å². The molecule has 1 aromatic carbocycles. The van der Waals surface area contributed by atoms with Crippen molar-refractivity contribution < 1.29 is 9.52 Å². The summed E-state index contributed by atoms with van der Waals surface area (Å²) in [5.41, 5.74) is 1.89. The zero-order chi connectivity index (χ0) is 10.5. The highest BCUT2D eigenvalue weighted by atomic mass is 16.3. The first-order valence-corrected chi connectivity index (χ1v) is 4.84. The van der Waals surface area contributed by atoms with Crippen LogP contribution >= 0.6 is 0 Å². The van der Waals surface area contributed by atoms with E-state index < -0.39 is 0 Å². The van der Waals surface area contributed by atoms with E-state index in [1.54, 1.807) is 6.26 Å². The lowest BCUT2D eigenvalue weighted by atomic mass is 10.2. The molecule has 0 radical (unpaired) electrons. The number of hydrogen-bond donors (Lipinski definition) is 2. The summed E-state index contributed by atoms with van der Waals surface area (Å²) in [7, 11) is 0. The highest BCUT2D eigenvalue weighted by molar-refractivity contribution is 5.45. The lowest BCUT2D eigenvalue weighted by molar-refractivity contribution is 0.282. The molecular weight excluding hydrogens is 190 g/mol. The van der Waals surface area contributed by atoms with E-state index in [0.717, 1.165) is 17.0 Å². The molecule has 2 rings (SSSR count). The second kappa shape index (κ2) is 4.66. The topological polar surface area (TPSA) is 45.4 Å². The Labute approximate surface area is 88.4 Å². The van der Waals surface area contributed by atoms with Crippen molar-refractivity contribution in [1.29, 1.82) is 0 Å². The average molecular weight is 203 g/mol. The largest absolute Gasteiger partial charge is 0.467 e. The van der Waals surface area contributed by atoms with Crippen LogP contribution in [0.15, 0.2) is 47.1 Å². The van der Waals surface area contributed by atoms with E-state index in [4.69, 9.17) is 9.52 Å². The first-order valence-electron chi connectivity index (χ1n) is 4.84. The van der Waals surface area contributed by atoms with Gasteiger partial charge in [-0.1, -0.05) is 12.1 Å². The Morgan fingerprint density at radius 3 is 2.87 bits per heavy atom. The normalized spacial score (nSPS) is 10.2. The van der Waals surface area contributed by atoms with Crippen LogP contribution < -0.4 is 5.32 Å². The molecule has 0 amide bonds. The molecule has 0 saturated heterocycles. The fraction of sp³-hybridized carbons (Fsp3) is 0.167. The highest BCUT2D eigenvalue weighted by Crippen LogP contribution is 2.12. The first kappa shape index (κ1) is 9.80. The standard InChI is InChI=1S/C12H13NO2/c14-9-10-3-1-4-11(7-10)13-8-12-5-2-6-15-12/h1-7,13-14H,8-9H2. The van der Waals surface area contributed by atoms with Gasteiger partial charge < -0.3 is 14.8 Å². The number of aliphatic hydroxyl groups excluding tert-OH is 1. The maximum Gasteiger partial charge on any atom is 0.122 e. The number of aliphatic hydroxyl groups is 1. The van der Waals surface area contributed by atoms with Crippen molar-refractivity contribution in [2.45, 2.75) is 13.2 Å². The summed E-state index contributed by atoms with van der Waals surface area (Å²) in [6.07, 6.45) is 1.65. The summed E-state index contributed by atoms with van der Waals surface area (Å²) in [5, 5.41) is 12.2. The van der Waals surface area contributed by atoms with Gasteiger partial charge in [-0.15, -0.1) is 0 Å². The van der Waals surface area contributed by atoms with Gasteiger partial charge in [0.1, 0.15) is 5.76 Å². The quantitative estimate of drug-likeness (QED) is 0.802. The number of rotatable bonds is 4. The minimum Gasteiger partial charge on any atom is -0.467 e. The van der Waals surface area contributed by atoms with E-state index in [-0.39, 0.29) is 6.61 Å². The molecule has 1 heterocycles. The maximum atomic E-state index is 8.97. The third kappa shape index (κ3) is 2.60. The van der Waals surface area contributed by atoms with Crippen LogP contribution in [-0.2, 0) is 13.2 Å². The number of nitrogens with one attached hydrogen (secondary N) is 1. The summed E-state index contributed by atoms with van der Waals surface area (Å²) in [6.45, 7) is 0.720. The summed E-state index contributed by atoms with van der Waals surface area (Å²) >= 11 is 0. The molecule has 1 aromatic heterocycles. The predicted octanol–water partition coefficient (Wildman–Crippen LogP) is 2.38. The SMILES string of the molecule is OCc1cccc(NCc2ccco2)c1. The molecule has 15 heavy (non-hydrogen) atoms. The lowest BCUT2D eigenvalue weighted by Crippen LogP contribution is -1.98. The van der Waals surface area contributed by atoms with Crippen molar-refractivity contribution in [3.05, 3.63) is 54.0 Å². The van der Waals surface area contributed by atoms with E-state index in [2.05, 4.69) is 5.32 Å². The Morgan fingerprint density at radius 2 is 2.13 bits per heavy atom. The molecule has 0 fully saturated rings. The second-order valence-electron chi connectivity index (χ2n) is 3.29. The molecule has 2 N–H and O–H groups in total. The van der Waals surface area contributed by atoms with Crippen LogP contribution in [0.4, 0.5) is 5.69 Å². The lowest BCUT2D eigenvalue weighted by Gasteiger charge is -2.05. The third-order valence-corrected chi connectivity index (χ3v) is 2.16. The Morgan fingerprint density at radius 1 is 1.20 bits per heavy atom. The van der Waals surface area contributed by atoms with Gasteiger partial charge in [-0.2, -0.15) is 0 Å². The molecule has 0 spiro atoms. The van der Waals surface area contributed by atoms with E-state index >= 15 is 0 Å². The molecule has 0 aliphatic rings. The van der Waals surface area contributed by atoms with Gasteiger partial charge in [0.25, 0.3) is 0 Å². The Bertz CT molecular complexity index is 409. The number of hydrogen-bond acceptors (Lipinski definition) is 3. The molecule has 3 nitrogen and oxygen atoms in total. The fourth-order valence-corrected chi connectivity index (χ4v) is 1.38. The van der Waals surface area contributed by atoms with Crippen molar-refractivity contribution in [3.8, 4) is 0 Å². The molecule has 0 unspecified atom stereocenters. The van der Waals surface area contributed by atoms with Gasteiger partial charge in [-0.3, -0.25) is 0 Å². The Balaban J connectivity index is 1.98. The molecule has 0 aliphatic carbocycles. The summed E-state index contributed by atoms with van der Waals surface area (Å²) in [5.74, 6) is 0.893. The molecule has 0 atom stereocenters. The van der Waals surface area contributed by atoms with Crippen molar-refractivity contribution >= 4 is 5.69 Å². The predicted molar refractivity (Wildman–Crippen MR) is 58.4 cm³/mol. The highest BCUT2D eigenvalue weighted by Gasteiger charge is 1.97. The van der Waals surface area contributed by atoms with Gasteiger partial charge >= 0.3 is 0 Å². The summed E-state index contributed by atoms with van der Waals surface area (Å²) in [6, 6.07) is 11.5. The van der Waals surface area contributed by atoms with Gasteiger partial charge in [0, 0.05) is 5.69 Å². The van der Waals surface area contributed by atoms with Gasteiger partial charge in [-0.25, -0.2) is 0 Å². The Hall–Kier alpha value is -1.74. The second-order valence-corrected chi connectivity index (χ2v) is 3.29. The first-order chi connectivity index (χ1) is 7.38. The zero-order valence-electron chi connectivity index (χ0n) is 8.31. The van der Waals surface area contributed by atoms with Gasteiger partial charge in [0.2, 0.25) is 0 Å². The molecule has 78 valence electrons. The third-order valence-electron chi connectivity index (χ3n) is 2.16. The molecule has 3 heteroatoms. The van der Waals surface area contributed by atoms with Crippen molar-refractivity contribution in [2.75, 3.05) is 5.32 Å². The van der Waals surface area contributed by atoms with E-state index in [9.17, 15) is 0 Å². The molecule has 0 saturated carbocycles. The van der Waals surface area contributed by atoms with E-state index in [1.165, 1.54) is 0 Å². The Kier molecular flexibility index (Phi) is 3.05. The van der Waals surface area contributed by atoms with Crippen LogP contribution in [0.5, 0.6) is 0 Å². The van der Waals surface area contributed by atoms with Crippen molar-refractivity contribution in [1.82, 2.24) is 0 Å². The van der Waals surface area contributed by atoms with Crippen LogP contribution in [0.3, 0.4) is 0 Å². The van der Waals surface area contributed by atoms with Crippen LogP contribution in [-0.4, -0.2) is 5.11 Å². The van der Waals surface area contributed by atoms with Crippen LogP contribution in [0.2, 0.25) is 0 Å². The van der Waals surface area contributed by atoms with E-state index in [0.29, 0.717) is 6.54 Å². The summed E-state index contributed by atoms with van der Waals surface area (Å²) < 4.78 is 5.20. The fourth-order valence-electron chi connectivity index (χ4n) is 1.38. The zero-order valence-corrected chi connectivity index (χ0v) is 8.31. The van der Waals surface area contributed by atoms with Crippen molar-refractivity contribution in [3.63, 3.8) is 0 Å². The van der Waals surface area contributed by atoms with Gasteiger partial charge in [0.15, 0.2) is 0 Å². The van der Waals surface area contributed by atoms with Crippen LogP contribution in [0.1, 0.15) is 11.3 Å². The average Bonchev–Trinajstić information content (AvgIpc) is 2.79.